The van der Waals surface area contributed by atoms with Crippen molar-refractivity contribution in [2.75, 3.05) is 0 Å². The lowest BCUT2D eigenvalue weighted by Gasteiger charge is -2.05. The van der Waals surface area contributed by atoms with Crippen molar-refractivity contribution in [3.63, 3.8) is 0 Å². The Hall–Kier alpha value is -1.05. The van der Waals surface area contributed by atoms with E-state index >= 15 is 0 Å². The van der Waals surface area contributed by atoms with Gasteiger partial charge < -0.3 is 9.47 Å². The van der Waals surface area contributed by atoms with Gasteiger partial charge in [0.05, 0.1) is 10.2 Å². The minimum Gasteiger partial charge on any atom is -0.395 e. The third-order valence-electron chi connectivity index (χ3n) is 1.71. The Kier molecular flexibility index (Phi) is 2.69. The van der Waals surface area contributed by atoms with Crippen molar-refractivity contribution in [1.82, 2.24) is 0 Å². The second kappa shape index (κ2) is 3.76. The zero-order chi connectivity index (χ0) is 11.9. The zero-order valence-corrected chi connectivity index (χ0v) is 10.4. The lowest BCUT2D eigenvalue weighted by Crippen LogP contribution is -2.26. The molecule has 1 aromatic rings. The van der Waals surface area contributed by atoms with E-state index in [2.05, 4.69) is 51.4 Å². The number of alkyl halides is 2. The van der Waals surface area contributed by atoms with Gasteiger partial charge in [0.25, 0.3) is 0 Å². The van der Waals surface area contributed by atoms with Crippen molar-refractivity contribution < 1.29 is 18.3 Å². The molecule has 0 aromatic heterocycles. The van der Waals surface area contributed by atoms with Gasteiger partial charge in [0, 0.05) is 9.38 Å². The van der Waals surface area contributed by atoms with Gasteiger partial charge in [-0.05, 0) is 27.5 Å². The summed E-state index contributed by atoms with van der Waals surface area (Å²) in [5.74, 6) is -0.337. The Bertz CT molecular complexity index is 517. The van der Waals surface area contributed by atoms with Crippen LogP contribution in [-0.2, 0) is 0 Å². The molecule has 0 saturated carbocycles. The number of rotatable bonds is 1. The number of hydrogen-bond acceptors (Lipinski definition) is 3. The second-order valence-electron chi connectivity index (χ2n) is 2.71. The van der Waals surface area contributed by atoms with E-state index in [1.165, 1.54) is 6.07 Å². The number of benzene rings is 1. The van der Waals surface area contributed by atoms with Gasteiger partial charge >= 0.3 is 6.29 Å². The first kappa shape index (κ1) is 11.4. The summed E-state index contributed by atoms with van der Waals surface area (Å²) in [5, 5.41) is 3.34. The van der Waals surface area contributed by atoms with Crippen LogP contribution in [0.5, 0.6) is 11.5 Å². The number of nitrogens with zero attached hydrogens (tertiary/aromatic N) is 3. The number of ether oxygens (including phenoxy) is 2. The molecule has 0 amide bonds. The lowest BCUT2D eigenvalue weighted by molar-refractivity contribution is -0.286. The monoisotopic (exact) mass is 355 g/mol. The molecule has 2 rings (SSSR count). The first-order chi connectivity index (χ1) is 7.44. The summed E-state index contributed by atoms with van der Waals surface area (Å²) in [6.07, 6.45) is -3.71. The van der Waals surface area contributed by atoms with E-state index in [0.29, 0.717) is 4.47 Å². The summed E-state index contributed by atoms with van der Waals surface area (Å²) in [4.78, 5) is 2.57. The van der Waals surface area contributed by atoms with Gasteiger partial charge in [-0.3, -0.25) is 0 Å². The number of halogens is 4. The fraction of sp³-hybridized carbons (Fsp3) is 0.143. The van der Waals surface area contributed by atoms with Crippen molar-refractivity contribution in [3.8, 4) is 11.5 Å². The molecule has 0 unspecified atom stereocenters. The van der Waals surface area contributed by atoms with Gasteiger partial charge in [0.15, 0.2) is 11.5 Å². The molecule has 1 aliphatic rings. The number of azide groups is 1. The molecule has 0 atom stereocenters. The zero-order valence-electron chi connectivity index (χ0n) is 7.25. The van der Waals surface area contributed by atoms with Gasteiger partial charge in [0.2, 0.25) is 0 Å². The van der Waals surface area contributed by atoms with Gasteiger partial charge in [0.1, 0.15) is 0 Å². The Balaban J connectivity index is 2.62. The molecule has 0 N–H and O–H groups in total. The summed E-state index contributed by atoms with van der Waals surface area (Å²) in [6, 6.07) is 1.24. The second-order valence-corrected chi connectivity index (χ2v) is 4.35. The van der Waals surface area contributed by atoms with Crippen LogP contribution in [0.1, 0.15) is 0 Å². The van der Waals surface area contributed by atoms with Crippen LogP contribution in [0.2, 0.25) is 0 Å². The minimum atomic E-state index is -3.71. The van der Waals surface area contributed by atoms with Crippen LogP contribution < -0.4 is 9.47 Å². The first-order valence-electron chi connectivity index (χ1n) is 3.77. The molecule has 16 heavy (non-hydrogen) atoms. The minimum absolute atomic E-state index is 0.104. The third kappa shape index (κ3) is 1.81. The van der Waals surface area contributed by atoms with E-state index in [-0.39, 0.29) is 21.7 Å². The highest BCUT2D eigenvalue weighted by Crippen LogP contribution is 2.52. The predicted octanol–water partition coefficient (Wildman–Crippen LogP) is 4.47. The van der Waals surface area contributed by atoms with E-state index in [1.807, 2.05) is 0 Å². The SMILES string of the molecule is [N-]=[N+]=Nc1c(Br)cc2c(c1Br)OC(F)(F)O2. The van der Waals surface area contributed by atoms with E-state index in [4.69, 9.17) is 5.53 Å². The summed E-state index contributed by atoms with van der Waals surface area (Å²) < 4.78 is 34.5. The molecular weight excluding hydrogens is 356 g/mol. The van der Waals surface area contributed by atoms with E-state index in [9.17, 15) is 8.78 Å². The predicted molar refractivity (Wildman–Crippen MR) is 56.9 cm³/mol. The average molecular weight is 357 g/mol. The highest BCUT2D eigenvalue weighted by Gasteiger charge is 2.45. The maximum atomic E-state index is 12.8. The third-order valence-corrected chi connectivity index (χ3v) is 3.05. The van der Waals surface area contributed by atoms with E-state index < -0.39 is 6.29 Å². The fourth-order valence-corrected chi connectivity index (χ4v) is 2.47. The number of fused-ring (bicyclic) bond motifs is 1. The highest BCUT2D eigenvalue weighted by molar-refractivity contribution is 9.11. The van der Waals surface area contributed by atoms with Gasteiger partial charge in [-0.2, -0.15) is 0 Å². The smallest absolute Gasteiger partial charge is 0.395 e. The lowest BCUT2D eigenvalue weighted by atomic mass is 10.3. The summed E-state index contributed by atoms with van der Waals surface area (Å²) in [5.41, 5.74) is 8.43. The Morgan fingerprint density at radius 1 is 1.38 bits per heavy atom. The quantitative estimate of drug-likeness (QED) is 0.423. The molecule has 1 aromatic carbocycles. The standard InChI is InChI=1S/C7HBr2F2N3O2/c8-2-1-3-6(16-7(10,11)15-3)4(9)5(2)13-14-12/h1H. The van der Waals surface area contributed by atoms with Crippen molar-refractivity contribution in [3.05, 3.63) is 25.5 Å². The summed E-state index contributed by atoms with van der Waals surface area (Å²) in [7, 11) is 0. The van der Waals surface area contributed by atoms with Crippen molar-refractivity contribution in [2.45, 2.75) is 6.29 Å². The van der Waals surface area contributed by atoms with Crippen LogP contribution in [0.4, 0.5) is 14.5 Å². The molecule has 9 heteroatoms. The van der Waals surface area contributed by atoms with Crippen molar-refractivity contribution in [1.29, 1.82) is 0 Å². The topological polar surface area (TPSA) is 67.2 Å². The largest absolute Gasteiger partial charge is 0.586 e. The van der Waals surface area contributed by atoms with Gasteiger partial charge in [-0.25, -0.2) is 0 Å². The molecule has 1 heterocycles. The Morgan fingerprint density at radius 2 is 2.06 bits per heavy atom. The maximum Gasteiger partial charge on any atom is 0.586 e. The van der Waals surface area contributed by atoms with Crippen molar-refractivity contribution in [2.24, 2.45) is 5.11 Å². The molecule has 0 spiro atoms. The van der Waals surface area contributed by atoms with Crippen LogP contribution in [-0.4, -0.2) is 6.29 Å². The van der Waals surface area contributed by atoms with Crippen LogP contribution >= 0.6 is 31.9 Å². The van der Waals surface area contributed by atoms with Gasteiger partial charge in [-0.1, -0.05) is 21.0 Å². The molecule has 84 valence electrons. The number of hydrogen-bond donors (Lipinski definition) is 0. The molecule has 0 bridgehead atoms. The molecule has 0 aliphatic carbocycles. The molecule has 0 saturated heterocycles. The molecule has 0 radical (unpaired) electrons. The molecule has 0 fully saturated rings. The Morgan fingerprint density at radius 3 is 2.69 bits per heavy atom. The normalized spacial score (nSPS) is 15.8. The van der Waals surface area contributed by atoms with E-state index in [1.54, 1.807) is 0 Å². The molecule has 1 aliphatic heterocycles. The molecular formula is C7HBr2F2N3O2. The van der Waals surface area contributed by atoms with Crippen LogP contribution in [0.3, 0.4) is 0 Å². The summed E-state index contributed by atoms with van der Waals surface area (Å²) >= 11 is 6.07. The summed E-state index contributed by atoms with van der Waals surface area (Å²) in [6.45, 7) is 0. The first-order valence-corrected chi connectivity index (χ1v) is 5.36. The highest BCUT2D eigenvalue weighted by atomic mass is 79.9. The van der Waals surface area contributed by atoms with Gasteiger partial charge in [-0.15, -0.1) is 8.78 Å². The maximum absolute atomic E-state index is 12.8. The van der Waals surface area contributed by atoms with Crippen molar-refractivity contribution >= 4 is 37.5 Å². The van der Waals surface area contributed by atoms with E-state index in [0.717, 1.165) is 0 Å². The molecule has 5 nitrogen and oxygen atoms in total. The van der Waals surface area contributed by atoms with Crippen LogP contribution in [0, 0.1) is 0 Å². The van der Waals surface area contributed by atoms with Crippen LogP contribution in [0.25, 0.3) is 10.4 Å². The average Bonchev–Trinajstić information content (AvgIpc) is 2.48. The Labute approximate surface area is 104 Å². The fourth-order valence-electron chi connectivity index (χ4n) is 1.14. The van der Waals surface area contributed by atoms with Crippen LogP contribution in [0.15, 0.2) is 20.1 Å².